The average Bonchev–Trinajstić information content (AvgIpc) is 2.41. The number of terminal acetylenes is 1. The lowest BCUT2D eigenvalue weighted by Gasteiger charge is -2.21. The number of unbranched alkanes of at least 4 members (excludes halogenated alkanes) is 1. The largest absolute Gasteiger partial charge is 0.451 e. The van der Waals surface area contributed by atoms with E-state index in [1.165, 1.54) is 0 Å². The van der Waals surface area contributed by atoms with Gasteiger partial charge in [0.25, 0.3) is 0 Å². The number of carbonyl (C=O) groups is 2. The summed E-state index contributed by atoms with van der Waals surface area (Å²) in [4.78, 5) is 23.3. The molecule has 0 spiro atoms. The second kappa shape index (κ2) is 10.2. The molecule has 0 aromatic heterocycles. The van der Waals surface area contributed by atoms with Crippen molar-refractivity contribution >= 4 is 12.1 Å². The van der Waals surface area contributed by atoms with Gasteiger partial charge in [0.15, 0.2) is 6.61 Å². The molecule has 0 heterocycles. The van der Waals surface area contributed by atoms with Gasteiger partial charge < -0.3 is 14.8 Å². The van der Waals surface area contributed by atoms with Gasteiger partial charge >= 0.3 is 12.1 Å². The van der Waals surface area contributed by atoms with E-state index < -0.39 is 18.1 Å². The molecule has 0 saturated carbocycles. The van der Waals surface area contributed by atoms with E-state index in [1.807, 2.05) is 20.8 Å². The van der Waals surface area contributed by atoms with Gasteiger partial charge in [0.1, 0.15) is 6.04 Å². The molecule has 0 aliphatic rings. The van der Waals surface area contributed by atoms with Crippen molar-refractivity contribution in [3.8, 4) is 12.3 Å². The van der Waals surface area contributed by atoms with E-state index >= 15 is 0 Å². The maximum atomic E-state index is 11.8. The zero-order valence-corrected chi connectivity index (χ0v) is 11.9. The Morgan fingerprint density at radius 2 is 2.00 bits per heavy atom. The molecule has 0 rings (SSSR count). The average molecular weight is 269 g/mol. The number of esters is 1. The second-order valence-electron chi connectivity index (χ2n) is 4.31. The van der Waals surface area contributed by atoms with Gasteiger partial charge in [0.05, 0.1) is 6.61 Å². The molecule has 0 aromatic carbocycles. The molecule has 5 heteroatoms. The molecule has 5 nitrogen and oxygen atoms in total. The van der Waals surface area contributed by atoms with Gasteiger partial charge in [-0.3, -0.25) is 0 Å². The number of amides is 1. The maximum absolute atomic E-state index is 11.8. The van der Waals surface area contributed by atoms with E-state index in [4.69, 9.17) is 15.9 Å². The molecule has 0 radical (unpaired) electrons. The molecule has 2 atom stereocenters. The molecule has 0 fully saturated rings. The van der Waals surface area contributed by atoms with Crippen LogP contribution in [0.5, 0.6) is 0 Å². The van der Waals surface area contributed by atoms with Crippen molar-refractivity contribution in [2.75, 3.05) is 13.2 Å². The number of ether oxygens (including phenoxy) is 2. The lowest BCUT2D eigenvalue weighted by atomic mass is 9.99. The summed E-state index contributed by atoms with van der Waals surface area (Å²) in [7, 11) is 0. The first-order valence-corrected chi connectivity index (χ1v) is 6.60. The molecule has 0 unspecified atom stereocenters. The number of carbonyl (C=O) groups excluding carboxylic acids is 2. The van der Waals surface area contributed by atoms with Crippen LogP contribution >= 0.6 is 0 Å². The first-order valence-electron chi connectivity index (χ1n) is 6.60. The minimum absolute atomic E-state index is 0.0519. The Morgan fingerprint density at radius 1 is 1.32 bits per heavy atom. The lowest BCUT2D eigenvalue weighted by Crippen LogP contribution is -2.46. The van der Waals surface area contributed by atoms with Crippen LogP contribution in [0.1, 0.15) is 40.0 Å². The smallest absolute Gasteiger partial charge is 0.407 e. The van der Waals surface area contributed by atoms with Crippen LogP contribution in [0.3, 0.4) is 0 Å². The van der Waals surface area contributed by atoms with Crippen LogP contribution in [-0.4, -0.2) is 31.3 Å². The van der Waals surface area contributed by atoms with E-state index in [0.29, 0.717) is 6.61 Å². The highest BCUT2D eigenvalue weighted by Gasteiger charge is 2.27. The maximum Gasteiger partial charge on any atom is 0.407 e. The van der Waals surface area contributed by atoms with Gasteiger partial charge in [-0.1, -0.05) is 39.5 Å². The summed E-state index contributed by atoms with van der Waals surface area (Å²) in [5.41, 5.74) is 0. The first kappa shape index (κ1) is 17.3. The molecule has 19 heavy (non-hydrogen) atoms. The number of alkyl carbamates (subject to hydrolysis) is 1. The first-order chi connectivity index (χ1) is 9.06. The lowest BCUT2D eigenvalue weighted by molar-refractivity contribution is -0.146. The summed E-state index contributed by atoms with van der Waals surface area (Å²) < 4.78 is 9.82. The third-order valence-corrected chi connectivity index (χ3v) is 2.77. The van der Waals surface area contributed by atoms with Crippen molar-refractivity contribution in [1.82, 2.24) is 5.32 Å². The van der Waals surface area contributed by atoms with Crippen LogP contribution in [0.2, 0.25) is 0 Å². The van der Waals surface area contributed by atoms with Crippen LogP contribution < -0.4 is 5.32 Å². The highest BCUT2D eigenvalue weighted by atomic mass is 16.6. The summed E-state index contributed by atoms with van der Waals surface area (Å²) in [6, 6.07) is -0.729. The van der Waals surface area contributed by atoms with Crippen LogP contribution in [0.25, 0.3) is 0 Å². The Balaban J connectivity index is 4.38. The fourth-order valence-electron chi connectivity index (χ4n) is 1.35. The van der Waals surface area contributed by atoms with Crippen molar-refractivity contribution in [2.45, 2.75) is 46.1 Å². The van der Waals surface area contributed by atoms with Crippen molar-refractivity contribution in [3.63, 3.8) is 0 Å². The van der Waals surface area contributed by atoms with Crippen LogP contribution in [0.15, 0.2) is 0 Å². The van der Waals surface area contributed by atoms with Gasteiger partial charge in [0.2, 0.25) is 0 Å². The number of hydrogen-bond acceptors (Lipinski definition) is 4. The van der Waals surface area contributed by atoms with Crippen molar-refractivity contribution in [3.05, 3.63) is 0 Å². The molecule has 0 aliphatic carbocycles. The summed E-state index contributed by atoms with van der Waals surface area (Å²) in [6.07, 6.45) is 6.89. The van der Waals surface area contributed by atoms with Crippen molar-refractivity contribution < 1.29 is 19.1 Å². The van der Waals surface area contributed by atoms with Crippen LogP contribution in [0, 0.1) is 18.3 Å². The van der Waals surface area contributed by atoms with Gasteiger partial charge in [0, 0.05) is 0 Å². The molecular formula is C14H23NO4. The minimum Gasteiger partial charge on any atom is -0.451 e. The highest BCUT2D eigenvalue weighted by molar-refractivity contribution is 5.81. The van der Waals surface area contributed by atoms with E-state index in [2.05, 4.69) is 11.2 Å². The Hall–Kier alpha value is -1.70. The van der Waals surface area contributed by atoms with E-state index in [0.717, 1.165) is 19.3 Å². The van der Waals surface area contributed by atoms with Gasteiger partial charge in [-0.2, -0.15) is 0 Å². The zero-order valence-electron chi connectivity index (χ0n) is 11.9. The van der Waals surface area contributed by atoms with Gasteiger partial charge in [-0.25, -0.2) is 9.59 Å². The minimum atomic E-state index is -0.729. The summed E-state index contributed by atoms with van der Waals surface area (Å²) in [5.74, 6) is 1.64. The summed E-state index contributed by atoms with van der Waals surface area (Å²) in [5, 5.41) is 2.53. The molecule has 0 saturated heterocycles. The molecule has 0 aromatic rings. The van der Waals surface area contributed by atoms with Crippen molar-refractivity contribution in [2.24, 2.45) is 5.92 Å². The van der Waals surface area contributed by atoms with E-state index in [-0.39, 0.29) is 12.5 Å². The third-order valence-electron chi connectivity index (χ3n) is 2.77. The second-order valence-corrected chi connectivity index (χ2v) is 4.31. The molecule has 108 valence electrons. The Kier molecular flexibility index (Phi) is 9.33. The molecule has 1 N–H and O–H groups in total. The summed E-state index contributed by atoms with van der Waals surface area (Å²) >= 11 is 0. The van der Waals surface area contributed by atoms with Crippen molar-refractivity contribution in [1.29, 1.82) is 0 Å². The third kappa shape index (κ3) is 7.35. The fourth-order valence-corrected chi connectivity index (χ4v) is 1.35. The molecular weight excluding hydrogens is 246 g/mol. The summed E-state index contributed by atoms with van der Waals surface area (Å²) in [6.45, 7) is 6.03. The van der Waals surface area contributed by atoms with Gasteiger partial charge in [-0.15, -0.1) is 6.42 Å². The standard InChI is InChI=1S/C14H23NO4/c1-5-8-10-19-14(17)15-12(11(4)7-3)13(16)18-9-6-2/h2,11-12H,5,7-10H2,1,3-4H3,(H,15,17)/t11-,12-/m0/s1. The predicted octanol–water partition coefficient (Wildman–Crippen LogP) is 2.10. The quantitative estimate of drug-likeness (QED) is 0.416. The van der Waals surface area contributed by atoms with E-state index in [1.54, 1.807) is 0 Å². The zero-order chi connectivity index (χ0) is 14.7. The van der Waals surface area contributed by atoms with Crippen LogP contribution in [-0.2, 0) is 14.3 Å². The van der Waals surface area contributed by atoms with Gasteiger partial charge in [-0.05, 0) is 12.3 Å². The van der Waals surface area contributed by atoms with Crippen LogP contribution in [0.4, 0.5) is 4.79 Å². The molecule has 0 aliphatic heterocycles. The topological polar surface area (TPSA) is 64.6 Å². The number of hydrogen-bond donors (Lipinski definition) is 1. The Morgan fingerprint density at radius 3 is 2.53 bits per heavy atom. The molecule has 0 bridgehead atoms. The molecule has 1 amide bonds. The van der Waals surface area contributed by atoms with E-state index in [9.17, 15) is 9.59 Å². The Labute approximate surface area is 115 Å². The highest BCUT2D eigenvalue weighted by Crippen LogP contribution is 2.09. The number of nitrogens with one attached hydrogen (secondary N) is 1. The monoisotopic (exact) mass is 269 g/mol. The number of rotatable bonds is 8. The predicted molar refractivity (Wildman–Crippen MR) is 72.4 cm³/mol. The Bertz CT molecular complexity index is 322. The SMILES string of the molecule is C#CCOC(=O)[C@@H](NC(=O)OCCCC)[C@@H](C)CC. The normalized spacial score (nSPS) is 12.9. The fraction of sp³-hybridized carbons (Fsp3) is 0.714.